The number of imide groups is 1. The third-order valence-corrected chi connectivity index (χ3v) is 11.0. The molecule has 44 heavy (non-hydrogen) atoms. The predicted octanol–water partition coefficient (Wildman–Crippen LogP) is 5.90. The van der Waals surface area contributed by atoms with Crippen LogP contribution in [0.2, 0.25) is 0 Å². The molecule has 2 amide bonds. The number of thiophene rings is 1. The fraction of sp³-hybridized carbons (Fsp3) is 0.257. The number of hydrogen-bond acceptors (Lipinski definition) is 8. The lowest BCUT2D eigenvalue weighted by Gasteiger charge is -2.38. The molecule has 9 rings (SSSR count). The summed E-state index contributed by atoms with van der Waals surface area (Å²) < 4.78 is 17.2. The Morgan fingerprint density at radius 1 is 0.909 bits per heavy atom. The molecule has 5 aliphatic rings. The van der Waals surface area contributed by atoms with E-state index in [1.54, 1.807) is 0 Å². The van der Waals surface area contributed by atoms with Gasteiger partial charge in [0.05, 0.1) is 23.3 Å². The average Bonchev–Trinajstić information content (AvgIpc) is 3.74. The highest BCUT2D eigenvalue weighted by atomic mass is 32.1. The minimum Gasteiger partial charge on any atom is -0.454 e. The fourth-order valence-electron chi connectivity index (χ4n) is 7.76. The number of allylic oxidation sites excluding steroid dienone is 1. The van der Waals surface area contributed by atoms with Crippen molar-refractivity contribution in [2.75, 3.05) is 11.7 Å². The molecule has 3 aliphatic heterocycles. The molecule has 0 radical (unpaired) electrons. The molecule has 216 valence electrons. The summed E-state index contributed by atoms with van der Waals surface area (Å²) in [4.78, 5) is 45.2. The molecule has 4 atom stereocenters. The van der Waals surface area contributed by atoms with Gasteiger partial charge in [-0.2, -0.15) is 5.26 Å². The number of ether oxygens (including phenoxy) is 3. The van der Waals surface area contributed by atoms with Gasteiger partial charge >= 0.3 is 5.97 Å². The molecular formula is C35H24N2O6S. The van der Waals surface area contributed by atoms with Crippen LogP contribution in [0.3, 0.4) is 0 Å². The van der Waals surface area contributed by atoms with Crippen LogP contribution < -0.4 is 19.1 Å². The summed E-state index contributed by atoms with van der Waals surface area (Å²) in [6.07, 6.45) is 5.52. The number of nitriles is 1. The van der Waals surface area contributed by atoms with Crippen molar-refractivity contribution in [3.63, 3.8) is 0 Å². The number of hydrogen-bond donors (Lipinski definition) is 0. The second-order valence-corrected chi connectivity index (χ2v) is 13.0. The predicted molar refractivity (Wildman–Crippen MR) is 162 cm³/mol. The van der Waals surface area contributed by atoms with Crippen molar-refractivity contribution in [1.82, 2.24) is 0 Å². The van der Waals surface area contributed by atoms with Crippen LogP contribution in [0.5, 0.6) is 17.2 Å². The van der Waals surface area contributed by atoms with Gasteiger partial charge in [0, 0.05) is 21.7 Å². The largest absolute Gasteiger partial charge is 0.454 e. The topological polar surface area (TPSA) is 106 Å². The van der Waals surface area contributed by atoms with E-state index in [0.29, 0.717) is 33.4 Å². The van der Waals surface area contributed by atoms with E-state index >= 15 is 0 Å². The number of nitrogens with zero attached hydrogens (tertiary/aromatic N) is 2. The Balaban J connectivity index is 1.25. The van der Waals surface area contributed by atoms with E-state index in [9.17, 15) is 19.6 Å². The smallest absolute Gasteiger partial charge is 0.319 e. The van der Waals surface area contributed by atoms with Gasteiger partial charge < -0.3 is 14.2 Å². The molecule has 0 N–H and O–H groups in total. The molecule has 0 spiro atoms. The molecule has 1 fully saturated rings. The van der Waals surface area contributed by atoms with Gasteiger partial charge in [0.2, 0.25) is 18.6 Å². The van der Waals surface area contributed by atoms with Crippen molar-refractivity contribution in [1.29, 1.82) is 5.26 Å². The first-order valence-electron chi connectivity index (χ1n) is 14.8. The maximum atomic E-state index is 14.5. The number of amides is 2. The first-order chi connectivity index (χ1) is 21.5. The molecule has 3 aromatic carbocycles. The number of esters is 1. The molecule has 1 aromatic heterocycles. The summed E-state index contributed by atoms with van der Waals surface area (Å²) in [5, 5.41) is 12.3. The fourth-order valence-corrected chi connectivity index (χ4v) is 9.11. The number of rotatable bonds is 2. The van der Waals surface area contributed by atoms with Crippen LogP contribution in [0.4, 0.5) is 5.00 Å². The second-order valence-electron chi connectivity index (χ2n) is 11.9. The van der Waals surface area contributed by atoms with Gasteiger partial charge in [0.15, 0.2) is 11.5 Å². The van der Waals surface area contributed by atoms with Crippen molar-refractivity contribution in [3.05, 3.63) is 87.8 Å². The normalized spacial score (nSPS) is 24.7. The zero-order valence-electron chi connectivity index (χ0n) is 23.4. The highest BCUT2D eigenvalue weighted by Crippen LogP contribution is 2.57. The third-order valence-electron chi connectivity index (χ3n) is 9.73. The molecule has 9 heteroatoms. The van der Waals surface area contributed by atoms with E-state index in [2.05, 4.69) is 6.07 Å². The van der Waals surface area contributed by atoms with E-state index < -0.39 is 41.5 Å². The van der Waals surface area contributed by atoms with Crippen molar-refractivity contribution < 1.29 is 28.6 Å². The van der Waals surface area contributed by atoms with Crippen LogP contribution in [0.15, 0.2) is 60.7 Å². The van der Waals surface area contributed by atoms with Gasteiger partial charge in [-0.3, -0.25) is 14.4 Å². The average molecular weight is 601 g/mol. The Morgan fingerprint density at radius 2 is 1.73 bits per heavy atom. The molecule has 0 saturated carbocycles. The molecule has 4 aromatic rings. The van der Waals surface area contributed by atoms with Crippen LogP contribution >= 0.6 is 11.3 Å². The van der Waals surface area contributed by atoms with Crippen LogP contribution in [0, 0.1) is 29.1 Å². The van der Waals surface area contributed by atoms with Crippen molar-refractivity contribution in [2.24, 2.45) is 17.8 Å². The summed E-state index contributed by atoms with van der Waals surface area (Å²) >= 11 is 1.36. The van der Waals surface area contributed by atoms with E-state index in [-0.39, 0.29) is 6.79 Å². The molecular weight excluding hydrogens is 576 g/mol. The van der Waals surface area contributed by atoms with Gasteiger partial charge in [-0.05, 0) is 59.9 Å². The van der Waals surface area contributed by atoms with Crippen LogP contribution in [0.1, 0.15) is 45.9 Å². The van der Waals surface area contributed by atoms with E-state index in [1.807, 2.05) is 60.7 Å². The Kier molecular flexibility index (Phi) is 5.39. The van der Waals surface area contributed by atoms with Crippen molar-refractivity contribution in [3.8, 4) is 23.3 Å². The van der Waals surface area contributed by atoms with Gasteiger partial charge in [0.25, 0.3) is 0 Å². The van der Waals surface area contributed by atoms with Gasteiger partial charge in [-0.15, -0.1) is 11.3 Å². The lowest BCUT2D eigenvalue weighted by molar-refractivity contribution is -0.142. The third kappa shape index (κ3) is 3.40. The summed E-state index contributed by atoms with van der Waals surface area (Å²) in [7, 11) is 0. The van der Waals surface area contributed by atoms with Crippen LogP contribution in [0.25, 0.3) is 16.3 Å². The van der Waals surface area contributed by atoms with Crippen molar-refractivity contribution >= 4 is 50.5 Å². The monoisotopic (exact) mass is 600 g/mol. The van der Waals surface area contributed by atoms with E-state index in [0.717, 1.165) is 58.0 Å². The first kappa shape index (κ1) is 25.5. The Morgan fingerprint density at radius 3 is 2.61 bits per heavy atom. The lowest BCUT2D eigenvalue weighted by Crippen LogP contribution is -2.42. The van der Waals surface area contributed by atoms with Crippen LogP contribution in [-0.4, -0.2) is 24.6 Å². The number of carbonyl (C=O) groups is 3. The zero-order valence-corrected chi connectivity index (χ0v) is 24.2. The molecule has 4 heterocycles. The van der Waals surface area contributed by atoms with Gasteiger partial charge in [-0.25, -0.2) is 4.90 Å². The van der Waals surface area contributed by atoms with Gasteiger partial charge in [0.1, 0.15) is 16.8 Å². The Labute approximate surface area is 256 Å². The number of fused-ring (bicyclic) bond motifs is 9. The van der Waals surface area contributed by atoms with E-state index in [1.165, 1.54) is 16.2 Å². The molecule has 8 nitrogen and oxygen atoms in total. The van der Waals surface area contributed by atoms with Gasteiger partial charge in [-0.1, -0.05) is 48.5 Å². The summed E-state index contributed by atoms with van der Waals surface area (Å²) in [6, 6.07) is 19.5. The second kappa shape index (κ2) is 9.28. The lowest BCUT2D eigenvalue weighted by atomic mass is 9.64. The molecule has 2 aliphatic carbocycles. The maximum absolute atomic E-state index is 14.5. The summed E-state index contributed by atoms with van der Waals surface area (Å²) in [5.41, 5.74) is 3.55. The maximum Gasteiger partial charge on any atom is 0.319 e. The quantitative estimate of drug-likeness (QED) is 0.160. The SMILES string of the molecule is N#Cc1c(N2C(=O)[C@@H]3[C@@H]4C(=O)Oc5c(ccc6ccccc56)C4=C[C@@H](c4ccc5c(c4)OCO5)[C@@H]3C2=O)sc2c1CCCC2. The highest BCUT2D eigenvalue weighted by Gasteiger charge is 2.61. The minimum atomic E-state index is -0.990. The highest BCUT2D eigenvalue weighted by molar-refractivity contribution is 7.17. The summed E-state index contributed by atoms with van der Waals surface area (Å²) in [6.45, 7) is 0.107. The zero-order chi connectivity index (χ0) is 29.7. The van der Waals surface area contributed by atoms with Crippen molar-refractivity contribution in [2.45, 2.75) is 31.6 Å². The number of aryl methyl sites for hydroxylation is 1. The summed E-state index contributed by atoms with van der Waals surface area (Å²) in [5.74, 6) is -3.11. The molecule has 0 unspecified atom stereocenters. The number of carbonyl (C=O) groups excluding carboxylic acids is 3. The van der Waals surface area contributed by atoms with E-state index in [4.69, 9.17) is 14.2 Å². The molecule has 0 bridgehead atoms. The number of benzene rings is 3. The van der Waals surface area contributed by atoms with Crippen LogP contribution in [-0.2, 0) is 27.2 Å². The Hall–Kier alpha value is -4.94. The first-order valence-corrected chi connectivity index (χ1v) is 15.6. The number of anilines is 1. The molecule has 1 saturated heterocycles. The standard InChI is InChI=1S/C35H24N2O6S/c36-15-24-20-7-3-4-8-27(20)44-34(24)37-32(38)28-22(18-10-12-25-26(13-18)42-16-41-25)14-23-21-11-9-17-5-1-2-6-19(17)31(21)43-35(40)29(23)30(28)33(37)39/h1-2,5-6,9-14,22,28-30H,3-4,7-8,16H2/t22-,28-,29+,30-/m0/s1. The Bertz CT molecular complexity index is 2050. The minimum absolute atomic E-state index is 0.107.